The molecule has 0 N–H and O–H groups in total. The molecule has 20 heavy (non-hydrogen) atoms. The first-order valence-electron chi connectivity index (χ1n) is 8.60. The van der Waals surface area contributed by atoms with E-state index < -0.39 is 0 Å². The summed E-state index contributed by atoms with van der Waals surface area (Å²) in [5.74, 6) is 2.58. The second-order valence-electron chi connectivity index (χ2n) is 6.69. The van der Waals surface area contributed by atoms with E-state index in [4.69, 9.17) is 0 Å². The molecule has 0 aliphatic heterocycles. The van der Waals surface area contributed by atoms with Gasteiger partial charge < -0.3 is 4.57 Å². The maximum atomic E-state index is 4.65. The molecule has 0 aliphatic rings. The highest BCUT2D eigenvalue weighted by Gasteiger charge is 2.21. The van der Waals surface area contributed by atoms with Crippen molar-refractivity contribution in [3.8, 4) is 0 Å². The van der Waals surface area contributed by atoms with Crippen LogP contribution < -0.4 is 0 Å². The molecule has 1 aromatic heterocycles. The van der Waals surface area contributed by atoms with Gasteiger partial charge in [0.2, 0.25) is 0 Å². The van der Waals surface area contributed by atoms with E-state index in [0.717, 1.165) is 0 Å². The Balaban J connectivity index is 2.50. The minimum atomic E-state index is 0.512. The molecule has 1 aromatic rings. The maximum Gasteiger partial charge on any atom is 0.112 e. The van der Waals surface area contributed by atoms with Gasteiger partial charge in [0.25, 0.3) is 0 Å². The number of aromatic nitrogens is 2. The van der Waals surface area contributed by atoms with E-state index in [1.165, 1.54) is 50.8 Å². The lowest BCUT2D eigenvalue weighted by atomic mass is 9.89. The van der Waals surface area contributed by atoms with Crippen LogP contribution in [0.15, 0.2) is 12.4 Å². The first kappa shape index (κ1) is 17.3. The standard InChI is InChI=1S/C18H34N2/c1-6-7-8-9-10-11-12-17(15(2)3)18-19-13-14-20(18)16(4)5/h13-17H,6-12H2,1-5H3. The summed E-state index contributed by atoms with van der Waals surface area (Å²) in [5.41, 5.74) is 0. The zero-order valence-corrected chi connectivity index (χ0v) is 14.2. The quantitative estimate of drug-likeness (QED) is 0.483. The second kappa shape index (κ2) is 9.20. The van der Waals surface area contributed by atoms with E-state index in [2.05, 4.69) is 50.4 Å². The third kappa shape index (κ3) is 5.30. The van der Waals surface area contributed by atoms with Crippen LogP contribution in [0.1, 0.15) is 97.3 Å². The zero-order valence-electron chi connectivity index (χ0n) is 14.2. The summed E-state index contributed by atoms with van der Waals surface area (Å²) in [5, 5.41) is 0. The highest BCUT2D eigenvalue weighted by atomic mass is 15.1. The van der Waals surface area contributed by atoms with Crippen molar-refractivity contribution < 1.29 is 0 Å². The molecule has 116 valence electrons. The molecule has 1 atom stereocenters. The number of rotatable bonds is 10. The van der Waals surface area contributed by atoms with Crippen molar-refractivity contribution in [1.29, 1.82) is 0 Å². The van der Waals surface area contributed by atoms with Crippen LogP contribution in [0.5, 0.6) is 0 Å². The van der Waals surface area contributed by atoms with Crippen LogP contribution in [0.25, 0.3) is 0 Å². The van der Waals surface area contributed by atoms with E-state index in [1.807, 2.05) is 6.20 Å². The number of imidazole rings is 1. The summed E-state index contributed by atoms with van der Waals surface area (Å²) < 4.78 is 2.35. The van der Waals surface area contributed by atoms with Gasteiger partial charge in [-0.25, -0.2) is 4.98 Å². The molecular formula is C18H34N2. The van der Waals surface area contributed by atoms with Gasteiger partial charge in [-0.1, -0.05) is 59.3 Å². The molecule has 0 saturated carbocycles. The Kier molecular flexibility index (Phi) is 7.94. The molecule has 0 bridgehead atoms. The van der Waals surface area contributed by atoms with E-state index in [9.17, 15) is 0 Å². The van der Waals surface area contributed by atoms with Crippen molar-refractivity contribution in [3.05, 3.63) is 18.2 Å². The predicted molar refractivity (Wildman–Crippen MR) is 88.2 cm³/mol. The Bertz CT molecular complexity index is 352. The molecule has 0 amide bonds. The van der Waals surface area contributed by atoms with Crippen LogP contribution in [0.3, 0.4) is 0 Å². The Labute approximate surface area is 126 Å². The first-order valence-corrected chi connectivity index (χ1v) is 8.60. The van der Waals surface area contributed by atoms with Crippen LogP contribution in [0, 0.1) is 5.92 Å². The van der Waals surface area contributed by atoms with Gasteiger partial charge in [-0.05, 0) is 26.2 Å². The summed E-state index contributed by atoms with van der Waals surface area (Å²) in [6.45, 7) is 11.4. The first-order chi connectivity index (χ1) is 9.57. The van der Waals surface area contributed by atoms with E-state index >= 15 is 0 Å². The van der Waals surface area contributed by atoms with Gasteiger partial charge >= 0.3 is 0 Å². The smallest absolute Gasteiger partial charge is 0.112 e. The largest absolute Gasteiger partial charge is 0.332 e. The average molecular weight is 278 g/mol. The summed E-state index contributed by atoms with van der Waals surface area (Å²) in [6.07, 6.45) is 13.6. The molecule has 1 heterocycles. The molecule has 0 aromatic carbocycles. The Morgan fingerprint density at radius 2 is 1.65 bits per heavy atom. The lowest BCUT2D eigenvalue weighted by Crippen LogP contribution is -2.15. The monoisotopic (exact) mass is 278 g/mol. The van der Waals surface area contributed by atoms with Crippen LogP contribution in [0.2, 0.25) is 0 Å². The van der Waals surface area contributed by atoms with Gasteiger partial charge in [-0.3, -0.25) is 0 Å². The van der Waals surface area contributed by atoms with Crippen molar-refractivity contribution in [1.82, 2.24) is 9.55 Å². The molecule has 0 aliphatic carbocycles. The minimum Gasteiger partial charge on any atom is -0.332 e. The Morgan fingerprint density at radius 3 is 2.25 bits per heavy atom. The lowest BCUT2D eigenvalue weighted by molar-refractivity contribution is 0.400. The van der Waals surface area contributed by atoms with Crippen molar-refractivity contribution in [2.45, 2.75) is 91.5 Å². The number of hydrogen-bond donors (Lipinski definition) is 0. The van der Waals surface area contributed by atoms with Gasteiger partial charge in [0.05, 0.1) is 0 Å². The van der Waals surface area contributed by atoms with Crippen molar-refractivity contribution in [3.63, 3.8) is 0 Å². The van der Waals surface area contributed by atoms with Gasteiger partial charge in [-0.2, -0.15) is 0 Å². The molecule has 1 rings (SSSR count). The molecule has 0 saturated heterocycles. The second-order valence-corrected chi connectivity index (χ2v) is 6.69. The van der Waals surface area contributed by atoms with Crippen LogP contribution in [-0.4, -0.2) is 9.55 Å². The normalized spacial score (nSPS) is 13.3. The summed E-state index contributed by atoms with van der Waals surface area (Å²) in [6, 6.07) is 0.512. The SMILES string of the molecule is CCCCCCCCC(c1nccn1C(C)C)C(C)C. The highest BCUT2D eigenvalue weighted by Crippen LogP contribution is 2.30. The maximum absolute atomic E-state index is 4.65. The third-order valence-electron chi connectivity index (χ3n) is 4.26. The van der Waals surface area contributed by atoms with Gasteiger partial charge in [0.1, 0.15) is 5.82 Å². The summed E-state index contributed by atoms with van der Waals surface area (Å²) in [4.78, 5) is 4.65. The summed E-state index contributed by atoms with van der Waals surface area (Å²) >= 11 is 0. The van der Waals surface area contributed by atoms with E-state index in [0.29, 0.717) is 17.9 Å². The molecule has 0 spiro atoms. The molecule has 0 fully saturated rings. The zero-order chi connectivity index (χ0) is 15.0. The topological polar surface area (TPSA) is 17.8 Å². The lowest BCUT2D eigenvalue weighted by Gasteiger charge is -2.23. The fourth-order valence-electron chi connectivity index (χ4n) is 2.95. The van der Waals surface area contributed by atoms with Crippen molar-refractivity contribution >= 4 is 0 Å². The molecule has 0 radical (unpaired) electrons. The predicted octanol–water partition coefficient (Wildman–Crippen LogP) is 5.95. The van der Waals surface area contributed by atoms with Crippen LogP contribution in [0.4, 0.5) is 0 Å². The van der Waals surface area contributed by atoms with Crippen molar-refractivity contribution in [2.75, 3.05) is 0 Å². The van der Waals surface area contributed by atoms with Gasteiger partial charge in [-0.15, -0.1) is 0 Å². The van der Waals surface area contributed by atoms with E-state index in [1.54, 1.807) is 0 Å². The highest BCUT2D eigenvalue weighted by molar-refractivity contribution is 5.03. The number of nitrogens with zero attached hydrogens (tertiary/aromatic N) is 2. The minimum absolute atomic E-state index is 0.512. The molecule has 2 nitrogen and oxygen atoms in total. The Morgan fingerprint density at radius 1 is 1.00 bits per heavy atom. The fourth-order valence-corrected chi connectivity index (χ4v) is 2.95. The van der Waals surface area contributed by atoms with Gasteiger partial charge in [0.15, 0.2) is 0 Å². The van der Waals surface area contributed by atoms with Gasteiger partial charge in [0, 0.05) is 24.4 Å². The molecule has 1 unspecified atom stereocenters. The number of unbranched alkanes of at least 4 members (excludes halogenated alkanes) is 5. The molecule has 2 heteroatoms. The summed E-state index contributed by atoms with van der Waals surface area (Å²) in [7, 11) is 0. The van der Waals surface area contributed by atoms with Crippen molar-refractivity contribution in [2.24, 2.45) is 5.92 Å². The van der Waals surface area contributed by atoms with Crippen LogP contribution in [-0.2, 0) is 0 Å². The Hall–Kier alpha value is -0.790. The van der Waals surface area contributed by atoms with Crippen LogP contribution >= 0.6 is 0 Å². The van der Waals surface area contributed by atoms with E-state index in [-0.39, 0.29) is 0 Å². The number of hydrogen-bond acceptors (Lipinski definition) is 1. The average Bonchev–Trinajstić information content (AvgIpc) is 2.86. The third-order valence-corrected chi connectivity index (χ3v) is 4.26. The fraction of sp³-hybridized carbons (Fsp3) is 0.833. The molecular weight excluding hydrogens is 244 g/mol.